The number of aromatic hydroxyl groups is 2. The molecule has 0 aliphatic carbocycles. The van der Waals surface area contributed by atoms with Crippen molar-refractivity contribution in [1.29, 1.82) is 0 Å². The van der Waals surface area contributed by atoms with Gasteiger partial charge < -0.3 is 29.5 Å². The Morgan fingerprint density at radius 1 is 1.09 bits per heavy atom. The first-order chi connectivity index (χ1) is 11.1. The van der Waals surface area contributed by atoms with Crippen LogP contribution >= 0.6 is 0 Å². The molecule has 0 bridgehead atoms. The van der Waals surface area contributed by atoms with Crippen molar-refractivity contribution in [2.75, 3.05) is 7.11 Å². The van der Waals surface area contributed by atoms with Crippen LogP contribution in [0.1, 0.15) is 28.9 Å². The molecule has 23 heavy (non-hydrogen) atoms. The van der Waals surface area contributed by atoms with Gasteiger partial charge in [-0.1, -0.05) is 0 Å². The van der Waals surface area contributed by atoms with Gasteiger partial charge in [-0.25, -0.2) is 0 Å². The minimum absolute atomic E-state index is 0.204. The largest absolute Gasteiger partial charge is 0.504 e. The molecule has 3 atom stereocenters. The lowest BCUT2D eigenvalue weighted by molar-refractivity contribution is -0.127. The maximum Gasteiger partial charge on any atom is 0.157 e. The number of rotatable bonds is 1. The Kier molecular flexibility index (Phi) is 3.11. The number of methoxy groups -OCH3 is 1. The van der Waals surface area contributed by atoms with E-state index in [1.807, 2.05) is 0 Å². The smallest absolute Gasteiger partial charge is 0.157 e. The molecule has 2 aliphatic rings. The molecule has 0 saturated carbocycles. The zero-order chi connectivity index (χ0) is 16.1. The Bertz CT molecular complexity index is 772. The molecule has 0 aromatic heterocycles. The fourth-order valence-corrected chi connectivity index (χ4v) is 3.17. The number of phenolic OH excluding ortho intramolecular Hbond substituents is 2. The quantitative estimate of drug-likeness (QED) is 0.699. The number of aliphatic hydroxyl groups is 1. The van der Waals surface area contributed by atoms with Crippen LogP contribution in [0.2, 0.25) is 0 Å². The van der Waals surface area contributed by atoms with E-state index in [1.54, 1.807) is 25.3 Å². The van der Waals surface area contributed by atoms with E-state index in [0.717, 1.165) is 5.56 Å². The summed E-state index contributed by atoms with van der Waals surface area (Å²) in [4.78, 5) is 0. The predicted octanol–water partition coefficient (Wildman–Crippen LogP) is 2.17. The second-order valence-electron chi connectivity index (χ2n) is 5.70. The first-order valence-corrected chi connectivity index (χ1v) is 7.27. The molecule has 0 amide bonds. The normalized spacial score (nSPS) is 24.9. The van der Waals surface area contributed by atoms with Gasteiger partial charge in [0.25, 0.3) is 0 Å². The third-order valence-electron chi connectivity index (χ3n) is 4.38. The lowest BCUT2D eigenvalue weighted by Crippen LogP contribution is -2.39. The van der Waals surface area contributed by atoms with Crippen LogP contribution in [-0.4, -0.2) is 28.5 Å². The maximum absolute atomic E-state index is 10.6. The van der Waals surface area contributed by atoms with Crippen LogP contribution in [0.15, 0.2) is 30.3 Å². The van der Waals surface area contributed by atoms with Gasteiger partial charge in [0.2, 0.25) is 0 Å². The average molecular weight is 316 g/mol. The SMILES string of the molecule is COc1ccc2c(c1)O[C@@H]1c3cc(O)c(O)cc3CO[C@@H]1[C@@H]2O. The van der Waals surface area contributed by atoms with Crippen molar-refractivity contribution in [2.24, 2.45) is 0 Å². The minimum atomic E-state index is -0.848. The molecule has 3 N–H and O–H groups in total. The van der Waals surface area contributed by atoms with Gasteiger partial charge in [0.1, 0.15) is 23.7 Å². The summed E-state index contributed by atoms with van der Waals surface area (Å²) in [5.74, 6) is 0.713. The van der Waals surface area contributed by atoms with Gasteiger partial charge in [0, 0.05) is 17.2 Å². The molecule has 2 heterocycles. The summed E-state index contributed by atoms with van der Waals surface area (Å²) < 4.78 is 16.9. The van der Waals surface area contributed by atoms with Crippen LogP contribution in [0.4, 0.5) is 0 Å². The highest BCUT2D eigenvalue weighted by molar-refractivity contribution is 5.50. The van der Waals surface area contributed by atoms with Gasteiger partial charge in [-0.2, -0.15) is 0 Å². The molecule has 0 fully saturated rings. The second kappa shape index (κ2) is 5.04. The fourth-order valence-electron chi connectivity index (χ4n) is 3.17. The van der Waals surface area contributed by atoms with Gasteiger partial charge in [-0.3, -0.25) is 0 Å². The summed E-state index contributed by atoms with van der Waals surface area (Å²) in [5, 5.41) is 30.0. The highest BCUT2D eigenvalue weighted by Gasteiger charge is 2.43. The molecule has 0 spiro atoms. The van der Waals surface area contributed by atoms with Crippen LogP contribution in [0.3, 0.4) is 0 Å². The number of benzene rings is 2. The van der Waals surface area contributed by atoms with Gasteiger partial charge in [0.05, 0.1) is 13.7 Å². The first-order valence-electron chi connectivity index (χ1n) is 7.27. The molecule has 0 saturated heterocycles. The molecular weight excluding hydrogens is 300 g/mol. The Morgan fingerprint density at radius 3 is 2.65 bits per heavy atom. The number of hydrogen-bond acceptors (Lipinski definition) is 6. The summed E-state index contributed by atoms with van der Waals surface area (Å²) >= 11 is 0. The Balaban J connectivity index is 1.81. The lowest BCUT2D eigenvalue weighted by atomic mass is 9.87. The van der Waals surface area contributed by atoms with Crippen molar-refractivity contribution in [2.45, 2.75) is 24.9 Å². The Labute approximate surface area is 132 Å². The molecular formula is C17H16O6. The van der Waals surface area contributed by atoms with Crippen LogP contribution in [0.25, 0.3) is 0 Å². The highest BCUT2D eigenvalue weighted by Crippen LogP contribution is 2.48. The van der Waals surface area contributed by atoms with Crippen LogP contribution < -0.4 is 9.47 Å². The monoisotopic (exact) mass is 316 g/mol. The van der Waals surface area contributed by atoms with Gasteiger partial charge in [-0.05, 0) is 29.8 Å². The standard InChI is InChI=1S/C17H16O6/c1-21-9-2-3-10-14(5-9)23-16-11-6-13(19)12(18)4-8(11)7-22-17(16)15(10)20/h2-6,15-20H,7H2,1H3/t15-,16-,17-/m1/s1. The van der Waals surface area contributed by atoms with E-state index >= 15 is 0 Å². The summed E-state index contributed by atoms with van der Waals surface area (Å²) in [6.07, 6.45) is -1.99. The summed E-state index contributed by atoms with van der Waals surface area (Å²) in [5.41, 5.74) is 2.06. The maximum atomic E-state index is 10.6. The van der Waals surface area contributed by atoms with Gasteiger partial charge >= 0.3 is 0 Å². The van der Waals surface area contributed by atoms with E-state index in [9.17, 15) is 15.3 Å². The summed E-state index contributed by atoms with van der Waals surface area (Å²) in [6.45, 7) is 0.232. The number of ether oxygens (including phenoxy) is 3. The summed E-state index contributed by atoms with van der Waals surface area (Å²) in [7, 11) is 1.56. The molecule has 0 radical (unpaired) electrons. The molecule has 0 unspecified atom stereocenters. The Morgan fingerprint density at radius 2 is 1.87 bits per heavy atom. The van der Waals surface area contributed by atoms with Crippen molar-refractivity contribution in [3.05, 3.63) is 47.0 Å². The van der Waals surface area contributed by atoms with E-state index in [4.69, 9.17) is 14.2 Å². The average Bonchev–Trinajstić information content (AvgIpc) is 2.56. The number of aliphatic hydroxyl groups excluding tert-OH is 1. The molecule has 6 heteroatoms. The molecule has 2 aromatic rings. The predicted molar refractivity (Wildman–Crippen MR) is 79.7 cm³/mol. The number of phenols is 2. The van der Waals surface area contributed by atoms with Crippen molar-refractivity contribution < 1.29 is 29.5 Å². The second-order valence-corrected chi connectivity index (χ2v) is 5.70. The van der Waals surface area contributed by atoms with Gasteiger partial charge in [-0.15, -0.1) is 0 Å². The molecule has 6 nitrogen and oxygen atoms in total. The fraction of sp³-hybridized carbons (Fsp3) is 0.294. The molecule has 2 aliphatic heterocycles. The zero-order valence-electron chi connectivity index (χ0n) is 12.4. The van der Waals surface area contributed by atoms with E-state index in [2.05, 4.69) is 0 Å². The van der Waals surface area contributed by atoms with E-state index in [-0.39, 0.29) is 18.1 Å². The van der Waals surface area contributed by atoms with Crippen molar-refractivity contribution >= 4 is 0 Å². The third kappa shape index (κ3) is 2.10. The first kappa shape index (κ1) is 14.2. The van der Waals surface area contributed by atoms with Crippen molar-refractivity contribution in [3.8, 4) is 23.0 Å². The number of fused-ring (bicyclic) bond motifs is 4. The molecule has 120 valence electrons. The van der Waals surface area contributed by atoms with Crippen LogP contribution in [-0.2, 0) is 11.3 Å². The highest BCUT2D eigenvalue weighted by atomic mass is 16.6. The number of hydrogen-bond donors (Lipinski definition) is 3. The Hall–Kier alpha value is -2.44. The van der Waals surface area contributed by atoms with Crippen molar-refractivity contribution in [3.63, 3.8) is 0 Å². The van der Waals surface area contributed by atoms with E-state index in [0.29, 0.717) is 22.6 Å². The van der Waals surface area contributed by atoms with Gasteiger partial charge in [0.15, 0.2) is 17.6 Å². The zero-order valence-corrected chi connectivity index (χ0v) is 12.4. The minimum Gasteiger partial charge on any atom is -0.504 e. The topological polar surface area (TPSA) is 88.4 Å². The van der Waals surface area contributed by atoms with Crippen LogP contribution in [0, 0.1) is 0 Å². The van der Waals surface area contributed by atoms with Crippen LogP contribution in [0.5, 0.6) is 23.0 Å². The van der Waals surface area contributed by atoms with E-state index < -0.39 is 18.3 Å². The van der Waals surface area contributed by atoms with Crippen molar-refractivity contribution in [1.82, 2.24) is 0 Å². The molecule has 4 rings (SSSR count). The summed E-state index contributed by atoms with van der Waals surface area (Å²) in [6, 6.07) is 8.14. The molecule has 2 aromatic carbocycles. The third-order valence-corrected chi connectivity index (χ3v) is 4.38. The lowest BCUT2D eigenvalue weighted by Gasteiger charge is -2.40. The van der Waals surface area contributed by atoms with E-state index in [1.165, 1.54) is 12.1 Å².